The number of rotatable bonds is 8. The summed E-state index contributed by atoms with van der Waals surface area (Å²) in [6.07, 6.45) is -5.87. The molecule has 0 aliphatic carbocycles. The minimum Gasteiger partial charge on any atom is -0.507 e. The molecule has 0 amide bonds. The van der Waals surface area contributed by atoms with Gasteiger partial charge in [-0.2, -0.15) is 0 Å². The van der Waals surface area contributed by atoms with E-state index in [1.54, 1.807) is 12.1 Å². The van der Waals surface area contributed by atoms with E-state index in [9.17, 15) is 35.4 Å². The first kappa shape index (κ1) is 31.7. The Morgan fingerprint density at radius 3 is 2.00 bits per heavy atom. The third kappa shape index (κ3) is 6.38. The molecule has 0 saturated carbocycles. The van der Waals surface area contributed by atoms with Crippen LogP contribution in [0.5, 0.6) is 17.2 Å². The summed E-state index contributed by atoms with van der Waals surface area (Å²) in [5.41, 5.74) is 0.905. The van der Waals surface area contributed by atoms with Gasteiger partial charge in [-0.15, -0.1) is 0 Å². The Morgan fingerprint density at radius 1 is 0.800 bits per heavy atom. The van der Waals surface area contributed by atoms with Gasteiger partial charge in [0.2, 0.25) is 11.7 Å². The number of nitrogens with zero attached hydrogens (tertiary/aromatic N) is 2. The fraction of sp³-hybridized carbons (Fsp3) is 0.516. The molecular weight excluding hydrogens is 592 g/mol. The molecule has 5 atom stereocenters. The van der Waals surface area contributed by atoms with Gasteiger partial charge in [-0.05, 0) is 17.7 Å². The summed E-state index contributed by atoms with van der Waals surface area (Å²) < 4.78 is 28.0. The van der Waals surface area contributed by atoms with Gasteiger partial charge in [-0.3, -0.25) is 14.6 Å². The molecule has 3 aliphatic heterocycles. The van der Waals surface area contributed by atoms with Crippen LogP contribution in [0.25, 0.3) is 22.1 Å². The van der Waals surface area contributed by atoms with Crippen molar-refractivity contribution in [3.63, 3.8) is 0 Å². The van der Waals surface area contributed by atoms with Crippen molar-refractivity contribution < 1.29 is 54.0 Å². The van der Waals surface area contributed by atoms with E-state index in [2.05, 4.69) is 4.90 Å². The van der Waals surface area contributed by atoms with Crippen LogP contribution >= 0.6 is 0 Å². The Labute approximate surface area is 258 Å². The third-order valence-corrected chi connectivity index (χ3v) is 8.60. The first-order chi connectivity index (χ1) is 21.8. The topological polar surface area (TPSA) is 195 Å². The van der Waals surface area contributed by atoms with Crippen molar-refractivity contribution in [2.24, 2.45) is 0 Å². The molecule has 2 aromatic carbocycles. The van der Waals surface area contributed by atoms with E-state index >= 15 is 0 Å². The van der Waals surface area contributed by atoms with Gasteiger partial charge < -0.3 is 54.0 Å². The fourth-order valence-electron chi connectivity index (χ4n) is 5.93. The molecular formula is C31H38N2O12. The zero-order valence-corrected chi connectivity index (χ0v) is 24.6. The third-order valence-electron chi connectivity index (χ3n) is 8.60. The van der Waals surface area contributed by atoms with Crippen LogP contribution in [0.4, 0.5) is 0 Å². The van der Waals surface area contributed by atoms with Crippen molar-refractivity contribution in [1.82, 2.24) is 9.80 Å². The van der Waals surface area contributed by atoms with Crippen LogP contribution in [0, 0.1) is 0 Å². The summed E-state index contributed by atoms with van der Waals surface area (Å²) in [6, 6.07) is 6.20. The highest BCUT2D eigenvalue weighted by molar-refractivity contribution is 5.92. The number of fused-ring (bicyclic) bond motifs is 1. The van der Waals surface area contributed by atoms with E-state index in [-0.39, 0.29) is 45.9 Å². The molecule has 1 aromatic heterocycles. The van der Waals surface area contributed by atoms with Gasteiger partial charge in [0.25, 0.3) is 0 Å². The molecule has 6 rings (SSSR count). The molecule has 3 fully saturated rings. The van der Waals surface area contributed by atoms with Gasteiger partial charge in [0.05, 0.1) is 49.7 Å². The lowest BCUT2D eigenvalue weighted by atomic mass is 9.98. The molecule has 244 valence electrons. The highest BCUT2D eigenvalue weighted by atomic mass is 16.7. The lowest BCUT2D eigenvalue weighted by Crippen LogP contribution is -2.60. The van der Waals surface area contributed by atoms with Crippen molar-refractivity contribution in [2.75, 3.05) is 59.2 Å². The second kappa shape index (κ2) is 13.6. The molecule has 0 radical (unpaired) electrons. The van der Waals surface area contributed by atoms with Crippen LogP contribution < -0.4 is 10.2 Å². The molecule has 3 aliphatic rings. The zero-order valence-electron chi connectivity index (χ0n) is 24.6. The summed E-state index contributed by atoms with van der Waals surface area (Å²) >= 11 is 0. The minimum atomic E-state index is -1.59. The lowest BCUT2D eigenvalue weighted by Gasteiger charge is -2.39. The number of hydrogen-bond donors (Lipinski definition) is 6. The first-order valence-corrected chi connectivity index (χ1v) is 15.0. The molecule has 14 nitrogen and oxygen atoms in total. The predicted octanol–water partition coefficient (Wildman–Crippen LogP) is -0.286. The van der Waals surface area contributed by atoms with Crippen molar-refractivity contribution in [2.45, 2.75) is 43.8 Å². The normalized spacial score (nSPS) is 26.7. The van der Waals surface area contributed by atoms with E-state index in [1.807, 2.05) is 4.90 Å². The number of morpholine rings is 2. The second-order valence-corrected chi connectivity index (χ2v) is 11.5. The van der Waals surface area contributed by atoms with Crippen molar-refractivity contribution in [1.29, 1.82) is 0 Å². The van der Waals surface area contributed by atoms with E-state index in [0.29, 0.717) is 70.3 Å². The molecule has 3 saturated heterocycles. The molecule has 14 heteroatoms. The Morgan fingerprint density at radius 2 is 1.40 bits per heavy atom. The maximum absolute atomic E-state index is 14.0. The van der Waals surface area contributed by atoms with Crippen LogP contribution in [0.3, 0.4) is 0 Å². The van der Waals surface area contributed by atoms with Crippen LogP contribution in [-0.4, -0.2) is 130 Å². The number of benzene rings is 2. The Balaban J connectivity index is 1.33. The van der Waals surface area contributed by atoms with Gasteiger partial charge in [-0.1, -0.05) is 12.1 Å². The maximum Gasteiger partial charge on any atom is 0.229 e. The summed E-state index contributed by atoms with van der Waals surface area (Å²) in [4.78, 5) is 18.1. The summed E-state index contributed by atoms with van der Waals surface area (Å²) in [5, 5.41) is 62.6. The average Bonchev–Trinajstić information content (AvgIpc) is 3.06. The monoisotopic (exact) mass is 630 g/mol. The van der Waals surface area contributed by atoms with Crippen molar-refractivity contribution in [3.8, 4) is 28.4 Å². The Kier molecular flexibility index (Phi) is 9.56. The number of aromatic hydroxyl groups is 2. The van der Waals surface area contributed by atoms with E-state index < -0.39 is 42.7 Å². The molecule has 4 heterocycles. The van der Waals surface area contributed by atoms with Gasteiger partial charge in [0.1, 0.15) is 58.9 Å². The standard InChI is InChI=1S/C31H38N2O12/c34-15-22-27(38)28(39)29(40)31(45-22)44-18-3-1-17(2-4-18)21-16-43-30-20(14-33-7-11-42-12-8-33)24(35)19(25(36)23(30)26(21)37)13-32-5-9-41-10-6-32/h1-4,16,22,27-29,31,34-36,38-40H,5-15H2/t22-,27-,28+,29-,31+/m1/s1. The van der Waals surface area contributed by atoms with E-state index in [4.69, 9.17) is 23.4 Å². The highest BCUT2D eigenvalue weighted by Gasteiger charge is 2.44. The number of hydrogen-bond acceptors (Lipinski definition) is 14. The smallest absolute Gasteiger partial charge is 0.229 e. The Bertz CT molecular complexity index is 1530. The number of aliphatic hydroxyl groups is 4. The van der Waals surface area contributed by atoms with Crippen LogP contribution in [0.2, 0.25) is 0 Å². The fourth-order valence-corrected chi connectivity index (χ4v) is 5.93. The van der Waals surface area contributed by atoms with E-state index in [1.165, 1.54) is 18.4 Å². The second-order valence-electron chi connectivity index (χ2n) is 11.5. The van der Waals surface area contributed by atoms with Gasteiger partial charge in [-0.25, -0.2) is 0 Å². The SMILES string of the molecule is O=c1c(-c2ccc(O[C@H]3O[C@H](CO)[C@@H](O)[C@H](O)[C@H]3O)cc2)coc2c(CN3CCOCC3)c(O)c(CN3CCOCC3)c(O)c12. The van der Waals surface area contributed by atoms with Crippen molar-refractivity contribution >= 4 is 11.0 Å². The van der Waals surface area contributed by atoms with Crippen molar-refractivity contribution in [3.05, 3.63) is 51.9 Å². The first-order valence-electron chi connectivity index (χ1n) is 15.0. The number of aliphatic hydroxyl groups excluding tert-OH is 4. The Hall–Kier alpha value is -3.31. The summed E-state index contributed by atoms with van der Waals surface area (Å²) in [6.45, 7) is 4.58. The quantitative estimate of drug-likeness (QED) is 0.190. The average molecular weight is 631 g/mol. The molecule has 45 heavy (non-hydrogen) atoms. The highest BCUT2D eigenvalue weighted by Crippen LogP contribution is 2.41. The number of phenols is 2. The van der Waals surface area contributed by atoms with E-state index in [0.717, 1.165) is 0 Å². The van der Waals surface area contributed by atoms with Crippen LogP contribution in [-0.2, 0) is 27.3 Å². The number of phenolic OH excluding ortho intramolecular Hbond substituents is 2. The lowest BCUT2D eigenvalue weighted by molar-refractivity contribution is -0.277. The molecule has 0 unspecified atom stereocenters. The predicted molar refractivity (Wildman–Crippen MR) is 158 cm³/mol. The molecule has 3 aromatic rings. The zero-order chi connectivity index (χ0) is 31.7. The summed E-state index contributed by atoms with van der Waals surface area (Å²) in [5.74, 6) is -0.219. The molecule has 0 bridgehead atoms. The van der Waals surface area contributed by atoms with Crippen LogP contribution in [0.15, 0.2) is 39.7 Å². The molecule has 6 N–H and O–H groups in total. The maximum atomic E-state index is 14.0. The van der Waals surface area contributed by atoms with Gasteiger partial charge >= 0.3 is 0 Å². The van der Waals surface area contributed by atoms with Gasteiger partial charge in [0, 0.05) is 39.3 Å². The number of ether oxygens (including phenoxy) is 4. The van der Waals surface area contributed by atoms with Crippen LogP contribution in [0.1, 0.15) is 11.1 Å². The summed E-state index contributed by atoms with van der Waals surface area (Å²) in [7, 11) is 0. The minimum absolute atomic E-state index is 0.0292. The molecule has 0 spiro atoms. The largest absolute Gasteiger partial charge is 0.507 e. The van der Waals surface area contributed by atoms with Gasteiger partial charge in [0.15, 0.2) is 0 Å².